The fourth-order valence-corrected chi connectivity index (χ4v) is 4.24. The van der Waals surface area contributed by atoms with Gasteiger partial charge in [0.2, 0.25) is 10.0 Å². The van der Waals surface area contributed by atoms with Gasteiger partial charge in [-0.2, -0.15) is 0 Å². The highest BCUT2D eigenvalue weighted by Crippen LogP contribution is 2.20. The number of hydrogen-bond donors (Lipinski definition) is 1. The number of pyridine rings is 1. The molecule has 0 radical (unpaired) electrons. The van der Waals surface area contributed by atoms with Crippen molar-refractivity contribution in [2.75, 3.05) is 14.2 Å². The lowest BCUT2D eigenvalue weighted by atomic mass is 10.2. The van der Waals surface area contributed by atoms with Crippen molar-refractivity contribution in [3.8, 4) is 11.5 Å². The molecule has 1 N–H and O–H groups in total. The number of benzene rings is 2. The molecule has 0 spiro atoms. The van der Waals surface area contributed by atoms with Crippen LogP contribution in [0, 0.1) is 0 Å². The van der Waals surface area contributed by atoms with Crippen LogP contribution in [0.4, 0.5) is 0 Å². The molecule has 4 aromatic rings. The van der Waals surface area contributed by atoms with Gasteiger partial charge in [-0.1, -0.05) is 12.1 Å². The van der Waals surface area contributed by atoms with Crippen LogP contribution in [0.2, 0.25) is 0 Å². The molecule has 0 saturated heterocycles. The first-order chi connectivity index (χ1) is 15.0. The van der Waals surface area contributed by atoms with Crippen molar-refractivity contribution in [3.63, 3.8) is 0 Å². The third-order valence-corrected chi connectivity index (χ3v) is 6.26. The Morgan fingerprint density at radius 2 is 1.74 bits per heavy atom. The molecule has 8 nitrogen and oxygen atoms in total. The normalized spacial score (nSPS) is 11.5. The smallest absolute Gasteiger partial charge is 0.240 e. The number of hydrogen-bond acceptors (Lipinski definition) is 6. The molecule has 0 amide bonds. The van der Waals surface area contributed by atoms with E-state index in [1.165, 1.54) is 19.2 Å². The first kappa shape index (κ1) is 20.8. The predicted molar refractivity (Wildman–Crippen MR) is 117 cm³/mol. The second-order valence-electron chi connectivity index (χ2n) is 6.81. The third kappa shape index (κ3) is 4.52. The Morgan fingerprint density at radius 1 is 0.968 bits per heavy atom. The summed E-state index contributed by atoms with van der Waals surface area (Å²) in [6, 6.07) is 17.6. The summed E-state index contributed by atoms with van der Waals surface area (Å²) in [5.74, 6) is 1.90. The molecule has 0 aliphatic heterocycles. The van der Waals surface area contributed by atoms with Gasteiger partial charge in [-0.15, -0.1) is 0 Å². The van der Waals surface area contributed by atoms with E-state index < -0.39 is 10.0 Å². The van der Waals surface area contributed by atoms with Gasteiger partial charge in [-0.25, -0.2) is 23.1 Å². The molecule has 0 bridgehead atoms. The molecule has 2 aromatic carbocycles. The van der Waals surface area contributed by atoms with Crippen LogP contribution in [0.5, 0.6) is 11.5 Å². The Bertz CT molecular complexity index is 1300. The van der Waals surface area contributed by atoms with Crippen LogP contribution in [0.15, 0.2) is 71.8 Å². The lowest BCUT2D eigenvalue weighted by Gasteiger charge is -2.11. The summed E-state index contributed by atoms with van der Waals surface area (Å²) in [4.78, 5) is 9.19. The predicted octanol–water partition coefficient (Wildman–Crippen LogP) is 2.98. The zero-order valence-corrected chi connectivity index (χ0v) is 18.0. The summed E-state index contributed by atoms with van der Waals surface area (Å²) >= 11 is 0. The number of nitrogens with one attached hydrogen (secondary N) is 1. The van der Waals surface area contributed by atoms with Gasteiger partial charge >= 0.3 is 0 Å². The van der Waals surface area contributed by atoms with Crippen molar-refractivity contribution in [2.45, 2.75) is 18.0 Å². The van der Waals surface area contributed by atoms with E-state index in [-0.39, 0.29) is 11.4 Å². The zero-order chi connectivity index (χ0) is 21.8. The first-order valence-electron chi connectivity index (χ1n) is 9.57. The van der Waals surface area contributed by atoms with E-state index in [1.807, 2.05) is 34.9 Å². The fraction of sp³-hybridized carbons (Fsp3) is 0.182. The van der Waals surface area contributed by atoms with E-state index in [1.54, 1.807) is 31.5 Å². The maximum absolute atomic E-state index is 12.8. The average molecular weight is 439 g/mol. The molecule has 0 atom stereocenters. The zero-order valence-electron chi connectivity index (χ0n) is 17.1. The quantitative estimate of drug-likeness (QED) is 0.454. The second kappa shape index (κ2) is 8.75. The van der Waals surface area contributed by atoms with Crippen LogP contribution in [0.1, 0.15) is 11.4 Å². The maximum atomic E-state index is 12.8. The molecule has 4 rings (SSSR count). The number of rotatable bonds is 8. The molecule has 2 heterocycles. The van der Waals surface area contributed by atoms with Gasteiger partial charge in [0.25, 0.3) is 0 Å². The van der Waals surface area contributed by atoms with Gasteiger partial charge in [0.1, 0.15) is 22.8 Å². The Hall–Kier alpha value is -3.43. The van der Waals surface area contributed by atoms with E-state index in [2.05, 4.69) is 14.7 Å². The van der Waals surface area contributed by atoms with Crippen LogP contribution >= 0.6 is 0 Å². The Morgan fingerprint density at radius 3 is 2.48 bits per heavy atom. The van der Waals surface area contributed by atoms with Crippen molar-refractivity contribution < 1.29 is 17.9 Å². The number of methoxy groups -OCH3 is 2. The largest absolute Gasteiger partial charge is 0.497 e. The minimum absolute atomic E-state index is 0.0225. The highest BCUT2D eigenvalue weighted by atomic mass is 32.2. The number of ether oxygens (including phenoxy) is 2. The standard InChI is InChI=1S/C22H22N4O4S/c1-29-17-8-10-19(11-9-17)31(27,28)24-14-21-25-20-7-4-12-23-22(20)26(21)15-16-5-3-6-18(13-16)30-2/h3-13,24H,14-15H2,1-2H3. The Labute approximate surface area is 180 Å². The highest BCUT2D eigenvalue weighted by Gasteiger charge is 2.18. The van der Waals surface area contributed by atoms with Gasteiger partial charge in [0.05, 0.1) is 32.2 Å². The number of nitrogens with zero attached hydrogens (tertiary/aromatic N) is 3. The average Bonchev–Trinajstić information content (AvgIpc) is 3.15. The molecule has 9 heteroatoms. The van der Waals surface area contributed by atoms with Crippen molar-refractivity contribution >= 4 is 21.2 Å². The van der Waals surface area contributed by atoms with Crippen molar-refractivity contribution in [2.24, 2.45) is 0 Å². The molecule has 160 valence electrons. The summed E-state index contributed by atoms with van der Waals surface area (Å²) in [7, 11) is -0.572. The lowest BCUT2D eigenvalue weighted by Crippen LogP contribution is -2.25. The number of aromatic nitrogens is 3. The summed E-state index contributed by atoms with van der Waals surface area (Å²) < 4.78 is 40.4. The topological polar surface area (TPSA) is 95.3 Å². The molecule has 0 saturated carbocycles. The van der Waals surface area contributed by atoms with Crippen molar-refractivity contribution in [1.29, 1.82) is 0 Å². The molecule has 2 aromatic heterocycles. The highest BCUT2D eigenvalue weighted by molar-refractivity contribution is 7.89. The minimum atomic E-state index is -3.72. The molecular formula is C22H22N4O4S. The van der Waals surface area contributed by atoms with E-state index in [4.69, 9.17) is 9.47 Å². The van der Waals surface area contributed by atoms with E-state index in [0.717, 1.165) is 11.3 Å². The van der Waals surface area contributed by atoms with Crippen molar-refractivity contribution in [1.82, 2.24) is 19.3 Å². The molecule has 0 aliphatic rings. The summed E-state index contributed by atoms with van der Waals surface area (Å²) in [5.41, 5.74) is 2.37. The van der Waals surface area contributed by atoms with Crippen LogP contribution < -0.4 is 14.2 Å². The first-order valence-corrected chi connectivity index (χ1v) is 11.1. The number of fused-ring (bicyclic) bond motifs is 1. The van der Waals surface area contributed by atoms with Crippen LogP contribution in [0.25, 0.3) is 11.2 Å². The van der Waals surface area contributed by atoms with Crippen LogP contribution in [-0.4, -0.2) is 37.2 Å². The molecule has 0 aliphatic carbocycles. The number of imidazole rings is 1. The molecular weight excluding hydrogens is 416 g/mol. The van der Waals surface area contributed by atoms with Gasteiger partial charge in [0, 0.05) is 6.20 Å². The lowest BCUT2D eigenvalue weighted by molar-refractivity contribution is 0.414. The van der Waals surface area contributed by atoms with Crippen molar-refractivity contribution in [3.05, 3.63) is 78.2 Å². The van der Waals surface area contributed by atoms with Gasteiger partial charge in [0.15, 0.2) is 5.65 Å². The minimum Gasteiger partial charge on any atom is -0.497 e. The maximum Gasteiger partial charge on any atom is 0.240 e. The SMILES string of the molecule is COc1ccc(S(=O)(=O)NCc2nc3cccnc3n2Cc2cccc(OC)c2)cc1. The molecule has 31 heavy (non-hydrogen) atoms. The second-order valence-corrected chi connectivity index (χ2v) is 8.58. The molecule has 0 unspecified atom stereocenters. The monoisotopic (exact) mass is 438 g/mol. The Kier molecular flexibility index (Phi) is 5.88. The number of sulfonamides is 1. The Balaban J connectivity index is 1.63. The van der Waals surface area contributed by atoms with Gasteiger partial charge in [-0.05, 0) is 54.1 Å². The van der Waals surface area contributed by atoms with E-state index >= 15 is 0 Å². The summed E-state index contributed by atoms with van der Waals surface area (Å²) in [5, 5.41) is 0. The fourth-order valence-electron chi connectivity index (χ4n) is 3.26. The third-order valence-electron chi connectivity index (χ3n) is 4.85. The summed E-state index contributed by atoms with van der Waals surface area (Å²) in [6.45, 7) is 0.499. The van der Waals surface area contributed by atoms with Crippen LogP contribution in [-0.2, 0) is 23.1 Å². The molecule has 0 fully saturated rings. The van der Waals surface area contributed by atoms with Gasteiger partial charge < -0.3 is 14.0 Å². The van der Waals surface area contributed by atoms with Gasteiger partial charge in [-0.3, -0.25) is 0 Å². The summed E-state index contributed by atoms with van der Waals surface area (Å²) in [6.07, 6.45) is 1.69. The van der Waals surface area contributed by atoms with Crippen LogP contribution in [0.3, 0.4) is 0 Å². The van der Waals surface area contributed by atoms with E-state index in [9.17, 15) is 8.42 Å². The van der Waals surface area contributed by atoms with E-state index in [0.29, 0.717) is 29.3 Å².